The monoisotopic (exact) mass is 217 g/mol. The van der Waals surface area contributed by atoms with E-state index in [1.54, 1.807) is 12.1 Å². The Kier molecular flexibility index (Phi) is 2.28. The summed E-state index contributed by atoms with van der Waals surface area (Å²) in [5.74, 6) is -2.28. The molecule has 5 nitrogen and oxygen atoms in total. The molecule has 2 rings (SSSR count). The number of amides is 1. The minimum Gasteiger partial charge on any atom is -0.478 e. The number of fused-ring (bicyclic) bond motifs is 1. The number of carbonyl (C=O) groups excluding carboxylic acids is 2. The topological polar surface area (TPSA) is 83.5 Å². The Morgan fingerprint density at radius 3 is 2.75 bits per heavy atom. The minimum atomic E-state index is -1.05. The third-order valence-electron chi connectivity index (χ3n) is 2.16. The first-order valence-corrected chi connectivity index (χ1v) is 4.48. The van der Waals surface area contributed by atoms with Gasteiger partial charge in [0.1, 0.15) is 0 Å². The molecule has 0 radical (unpaired) electrons. The van der Waals surface area contributed by atoms with Gasteiger partial charge in [-0.2, -0.15) is 0 Å². The maximum absolute atomic E-state index is 11.2. The molecule has 0 atom stereocenters. The fourth-order valence-corrected chi connectivity index (χ4v) is 1.44. The average Bonchev–Trinajstić information content (AvgIpc) is 2.52. The van der Waals surface area contributed by atoms with Gasteiger partial charge in [0.05, 0.1) is 11.3 Å². The fraction of sp³-hybridized carbons (Fsp3) is 0. The van der Waals surface area contributed by atoms with Crippen LogP contribution in [0.4, 0.5) is 5.69 Å². The predicted octanol–water partition coefficient (Wildman–Crippen LogP) is 0.919. The van der Waals surface area contributed by atoms with Crippen LogP contribution in [-0.2, 0) is 9.59 Å². The summed E-state index contributed by atoms with van der Waals surface area (Å²) in [4.78, 5) is 32.6. The zero-order valence-corrected chi connectivity index (χ0v) is 8.06. The predicted molar refractivity (Wildman–Crippen MR) is 56.1 cm³/mol. The first-order valence-electron chi connectivity index (χ1n) is 4.48. The number of rotatable bonds is 2. The molecule has 2 N–H and O–H groups in total. The maximum Gasteiger partial charge on any atom is 0.328 e. The van der Waals surface area contributed by atoms with E-state index in [1.165, 1.54) is 12.1 Å². The molecule has 1 aromatic rings. The van der Waals surface area contributed by atoms with E-state index in [2.05, 4.69) is 5.32 Å². The number of aliphatic carboxylic acids is 1. The average molecular weight is 217 g/mol. The number of carbonyl (C=O) groups is 3. The number of anilines is 1. The summed E-state index contributed by atoms with van der Waals surface area (Å²) in [6.45, 7) is 0. The zero-order valence-electron chi connectivity index (χ0n) is 8.06. The highest BCUT2D eigenvalue weighted by Crippen LogP contribution is 2.24. The third-order valence-corrected chi connectivity index (χ3v) is 2.16. The molecule has 0 fully saturated rings. The van der Waals surface area contributed by atoms with Crippen molar-refractivity contribution in [3.8, 4) is 0 Å². The number of carboxylic acids is 1. The van der Waals surface area contributed by atoms with Crippen LogP contribution in [0.1, 0.15) is 15.9 Å². The Bertz CT molecular complexity index is 531. The van der Waals surface area contributed by atoms with Crippen molar-refractivity contribution < 1.29 is 19.5 Å². The summed E-state index contributed by atoms with van der Waals surface area (Å²) in [5, 5.41) is 10.8. The standard InChI is InChI=1S/C11H7NO4/c13-9(14)4-2-6-1-3-7-8(5-6)12-11(16)10(7)15/h1-5H,(H,13,14)(H,12,15,16). The van der Waals surface area contributed by atoms with Gasteiger partial charge in [-0.05, 0) is 23.8 Å². The van der Waals surface area contributed by atoms with Crippen LogP contribution in [0.15, 0.2) is 24.3 Å². The van der Waals surface area contributed by atoms with E-state index in [0.717, 1.165) is 6.08 Å². The van der Waals surface area contributed by atoms with Gasteiger partial charge in [-0.3, -0.25) is 9.59 Å². The molecule has 80 valence electrons. The van der Waals surface area contributed by atoms with Crippen molar-refractivity contribution in [3.05, 3.63) is 35.4 Å². The van der Waals surface area contributed by atoms with Crippen LogP contribution in [0.2, 0.25) is 0 Å². The Morgan fingerprint density at radius 1 is 1.31 bits per heavy atom. The first kappa shape index (κ1) is 10.1. The molecule has 16 heavy (non-hydrogen) atoms. The van der Waals surface area contributed by atoms with Gasteiger partial charge < -0.3 is 10.4 Å². The van der Waals surface area contributed by atoms with Crippen LogP contribution in [0.25, 0.3) is 6.08 Å². The van der Waals surface area contributed by atoms with E-state index in [0.29, 0.717) is 16.8 Å². The number of hydrogen-bond acceptors (Lipinski definition) is 3. The van der Waals surface area contributed by atoms with Gasteiger partial charge in [-0.15, -0.1) is 0 Å². The molecule has 1 aliphatic rings. The van der Waals surface area contributed by atoms with E-state index in [-0.39, 0.29) is 0 Å². The maximum atomic E-state index is 11.2. The summed E-state index contributed by atoms with van der Waals surface area (Å²) < 4.78 is 0. The van der Waals surface area contributed by atoms with E-state index < -0.39 is 17.7 Å². The van der Waals surface area contributed by atoms with E-state index >= 15 is 0 Å². The Hall–Kier alpha value is -2.43. The van der Waals surface area contributed by atoms with E-state index in [1.807, 2.05) is 0 Å². The Labute approximate surface area is 90.4 Å². The van der Waals surface area contributed by atoms with Crippen LogP contribution in [-0.4, -0.2) is 22.8 Å². The van der Waals surface area contributed by atoms with Gasteiger partial charge in [0, 0.05) is 6.08 Å². The molecule has 0 saturated heterocycles. The largest absolute Gasteiger partial charge is 0.478 e. The summed E-state index contributed by atoms with van der Waals surface area (Å²) >= 11 is 0. The number of Topliss-reactive ketones (excluding diaryl/α,β-unsaturated/α-hetero) is 1. The lowest BCUT2D eigenvalue weighted by Crippen LogP contribution is -2.12. The van der Waals surface area contributed by atoms with Gasteiger partial charge in [-0.1, -0.05) is 6.07 Å². The van der Waals surface area contributed by atoms with Crippen molar-refractivity contribution in [2.45, 2.75) is 0 Å². The van der Waals surface area contributed by atoms with Crippen LogP contribution in [0.5, 0.6) is 0 Å². The molecule has 0 bridgehead atoms. The van der Waals surface area contributed by atoms with Crippen LogP contribution in [0, 0.1) is 0 Å². The lowest BCUT2D eigenvalue weighted by molar-refractivity contribution is -0.131. The molecule has 0 aromatic heterocycles. The highest BCUT2D eigenvalue weighted by Gasteiger charge is 2.27. The van der Waals surface area contributed by atoms with Crippen LogP contribution >= 0.6 is 0 Å². The van der Waals surface area contributed by atoms with Gasteiger partial charge in [0.2, 0.25) is 0 Å². The SMILES string of the molecule is O=C(O)C=Cc1ccc2c(c1)NC(=O)C2=O. The summed E-state index contributed by atoms with van der Waals surface area (Å²) in [5.41, 5.74) is 1.34. The summed E-state index contributed by atoms with van der Waals surface area (Å²) in [6.07, 6.45) is 2.37. The van der Waals surface area contributed by atoms with Gasteiger partial charge in [-0.25, -0.2) is 4.79 Å². The Morgan fingerprint density at radius 2 is 2.06 bits per heavy atom. The van der Waals surface area contributed by atoms with Crippen molar-refractivity contribution in [1.29, 1.82) is 0 Å². The van der Waals surface area contributed by atoms with Gasteiger partial charge >= 0.3 is 5.97 Å². The molecular formula is C11H7NO4. The molecule has 5 heteroatoms. The highest BCUT2D eigenvalue weighted by molar-refractivity contribution is 6.51. The number of hydrogen-bond donors (Lipinski definition) is 2. The molecule has 1 aromatic carbocycles. The van der Waals surface area contributed by atoms with E-state index in [9.17, 15) is 14.4 Å². The minimum absolute atomic E-state index is 0.317. The molecule has 0 spiro atoms. The number of ketones is 1. The van der Waals surface area contributed by atoms with Crippen molar-refractivity contribution in [3.63, 3.8) is 0 Å². The second-order valence-corrected chi connectivity index (χ2v) is 3.26. The smallest absolute Gasteiger partial charge is 0.328 e. The molecule has 0 aliphatic carbocycles. The number of benzene rings is 1. The number of nitrogens with one attached hydrogen (secondary N) is 1. The van der Waals surface area contributed by atoms with Gasteiger partial charge in [0.25, 0.3) is 11.7 Å². The van der Waals surface area contributed by atoms with Crippen LogP contribution < -0.4 is 5.32 Å². The second-order valence-electron chi connectivity index (χ2n) is 3.26. The van der Waals surface area contributed by atoms with Crippen LogP contribution in [0.3, 0.4) is 0 Å². The normalized spacial score (nSPS) is 14.0. The van der Waals surface area contributed by atoms with E-state index in [4.69, 9.17) is 5.11 Å². The quantitative estimate of drug-likeness (QED) is 0.570. The second kappa shape index (κ2) is 3.62. The lowest BCUT2D eigenvalue weighted by atomic mass is 10.1. The van der Waals surface area contributed by atoms with Crippen molar-refractivity contribution >= 4 is 29.4 Å². The number of carboxylic acid groups (broad SMARTS) is 1. The molecule has 0 unspecified atom stereocenters. The van der Waals surface area contributed by atoms with Crippen molar-refractivity contribution in [2.75, 3.05) is 5.32 Å². The van der Waals surface area contributed by atoms with Crippen molar-refractivity contribution in [1.82, 2.24) is 0 Å². The Balaban J connectivity index is 2.36. The third kappa shape index (κ3) is 1.70. The molecule has 0 saturated carbocycles. The molecule has 1 amide bonds. The highest BCUT2D eigenvalue weighted by atomic mass is 16.4. The van der Waals surface area contributed by atoms with Gasteiger partial charge in [0.15, 0.2) is 0 Å². The molecular weight excluding hydrogens is 210 g/mol. The zero-order chi connectivity index (χ0) is 11.7. The van der Waals surface area contributed by atoms with Crippen molar-refractivity contribution in [2.24, 2.45) is 0 Å². The molecule has 1 heterocycles. The summed E-state index contributed by atoms with van der Waals surface area (Å²) in [7, 11) is 0. The lowest BCUT2D eigenvalue weighted by Gasteiger charge is -1.98. The fourth-order valence-electron chi connectivity index (χ4n) is 1.44. The summed E-state index contributed by atoms with van der Waals surface area (Å²) in [6, 6.07) is 4.63. The first-order chi connectivity index (χ1) is 7.58. The molecule has 1 aliphatic heterocycles.